The number of aromatic nitrogens is 8. The van der Waals surface area contributed by atoms with Crippen molar-refractivity contribution in [3.8, 4) is 0 Å². The monoisotopic (exact) mass is 672 g/mol. The van der Waals surface area contributed by atoms with Crippen LogP contribution < -0.4 is 11.5 Å². The Balaban J connectivity index is 1.17. The molecule has 0 aromatic carbocycles. The summed E-state index contributed by atoms with van der Waals surface area (Å²) in [6.45, 7) is -5.58. The number of anilines is 2. The lowest BCUT2D eigenvalue weighted by Crippen LogP contribution is -2.37. The molecule has 0 bridgehead atoms. The summed E-state index contributed by atoms with van der Waals surface area (Å²) in [5.74, 6) is 0.0968. The number of nitrogens with zero attached hydrogens (tertiary/aromatic N) is 8. The first kappa shape index (κ1) is 29.9. The number of imidazole rings is 2. The van der Waals surface area contributed by atoms with E-state index in [1.54, 1.807) is 0 Å². The standard InChI is InChI=1S/C20H21BF2N10O8P2S/c21-42(34)36-1-7-14(10(23)20(38-7)33-6-31-12-16(25)27-4-29-18(12)33)41-43(35,44)37-2-8-13(40-42)9(22)19(39-8)32-5-30-11-15(24)26-3-28-17(11)32/h3-10,13-14,19-20H,1-2H2,(H,35,44)(H2,24,26,28)(H2,25,27,29)/q-1/t7-,8-,9+,10?,13?,14+,19-,20-,42-,43?/m1/s1. The molecule has 0 saturated carbocycles. The van der Waals surface area contributed by atoms with Crippen LogP contribution in [0, 0.1) is 0 Å². The van der Waals surface area contributed by atoms with Gasteiger partial charge >= 0.3 is 6.72 Å². The molecule has 3 aliphatic rings. The molecule has 44 heavy (non-hydrogen) atoms. The molecule has 7 heterocycles. The van der Waals surface area contributed by atoms with Crippen LogP contribution in [0.5, 0.6) is 0 Å². The van der Waals surface area contributed by atoms with Gasteiger partial charge < -0.3 is 51.5 Å². The number of nitrogens with two attached hydrogens (primary N) is 2. The molecule has 3 aliphatic heterocycles. The number of hydrogen-bond acceptors (Lipinski definition) is 16. The molecular weight excluding hydrogens is 651 g/mol. The Morgan fingerprint density at radius 3 is 1.84 bits per heavy atom. The van der Waals surface area contributed by atoms with Crippen molar-refractivity contribution in [1.29, 1.82) is 0 Å². The predicted octanol–water partition coefficient (Wildman–Crippen LogP) is 0.612. The van der Waals surface area contributed by atoms with Crippen LogP contribution in [-0.2, 0) is 43.9 Å². The smallest absolute Gasteiger partial charge is 0.325 e. The summed E-state index contributed by atoms with van der Waals surface area (Å²) in [4.78, 5) is 34.9. The summed E-state index contributed by atoms with van der Waals surface area (Å²) < 4.78 is 81.0. The molecule has 3 fully saturated rings. The lowest BCUT2D eigenvalue weighted by atomic mass is 10.1. The summed E-state index contributed by atoms with van der Waals surface area (Å²) in [5.41, 5.74) is 12.3. The van der Waals surface area contributed by atoms with Crippen molar-refractivity contribution in [3.63, 3.8) is 0 Å². The summed E-state index contributed by atoms with van der Waals surface area (Å²) in [7, 11) is 1.26. The Kier molecular flexibility index (Phi) is 7.43. The molecule has 3 saturated heterocycles. The van der Waals surface area contributed by atoms with Gasteiger partial charge in [0.2, 0.25) is 0 Å². The zero-order valence-corrected chi connectivity index (χ0v) is 24.6. The van der Waals surface area contributed by atoms with Crippen LogP contribution in [-0.4, -0.2) is 101 Å². The Bertz CT molecular complexity index is 1710. The van der Waals surface area contributed by atoms with Gasteiger partial charge in [-0.05, 0) is 11.8 Å². The molecule has 0 spiro atoms. The van der Waals surface area contributed by atoms with E-state index in [2.05, 4.69) is 29.9 Å². The van der Waals surface area contributed by atoms with Gasteiger partial charge in [0.15, 0.2) is 47.7 Å². The minimum Gasteiger partial charge on any atom is -0.444 e. The zero-order valence-electron chi connectivity index (χ0n) is 22.0. The van der Waals surface area contributed by atoms with E-state index in [1.807, 2.05) is 0 Å². The molecular formula is C20H21BF2N10O8P2S-. The van der Waals surface area contributed by atoms with Crippen molar-refractivity contribution in [2.75, 3.05) is 24.7 Å². The first-order valence-electron chi connectivity index (χ1n) is 12.7. The topological polar surface area (TPSA) is 232 Å². The normalized spacial score (nSPS) is 38.3. The van der Waals surface area contributed by atoms with E-state index in [1.165, 1.54) is 21.8 Å². The number of fused-ring (bicyclic) bond motifs is 4. The highest BCUT2D eigenvalue weighted by molar-refractivity contribution is 8.07. The zero-order chi connectivity index (χ0) is 31.0. The van der Waals surface area contributed by atoms with E-state index < -0.39 is 76.6 Å². The summed E-state index contributed by atoms with van der Waals surface area (Å²) in [5, 5.41) is 0. The van der Waals surface area contributed by atoms with Gasteiger partial charge in [-0.1, -0.05) is 0 Å². The number of alkyl halides is 2. The van der Waals surface area contributed by atoms with Crippen molar-refractivity contribution in [2.45, 2.75) is 49.2 Å². The number of ether oxygens (including phenoxy) is 2. The average Bonchev–Trinajstić information content (AvgIpc) is 3.73. The van der Waals surface area contributed by atoms with Gasteiger partial charge in [0.25, 0.3) is 0 Å². The van der Waals surface area contributed by atoms with E-state index in [0.717, 1.165) is 12.7 Å². The van der Waals surface area contributed by atoms with Crippen molar-refractivity contribution in [2.24, 2.45) is 0 Å². The lowest BCUT2D eigenvalue weighted by molar-refractivity contribution is -0.0566. The maximum Gasteiger partial charge on any atom is 0.325 e. The van der Waals surface area contributed by atoms with Crippen molar-refractivity contribution < 1.29 is 45.8 Å². The van der Waals surface area contributed by atoms with Crippen LogP contribution in [0.4, 0.5) is 20.4 Å². The van der Waals surface area contributed by atoms with Crippen LogP contribution in [0.15, 0.2) is 25.3 Å². The van der Waals surface area contributed by atoms with Gasteiger partial charge in [0.1, 0.15) is 48.1 Å². The number of rotatable bonds is 2. The van der Waals surface area contributed by atoms with Gasteiger partial charge in [-0.15, -0.1) is 0 Å². The highest BCUT2D eigenvalue weighted by Crippen LogP contribution is 2.54. The molecule has 0 aliphatic carbocycles. The van der Waals surface area contributed by atoms with E-state index in [-0.39, 0.29) is 34.0 Å². The van der Waals surface area contributed by atoms with E-state index >= 15 is 8.78 Å². The molecule has 10 atom stereocenters. The van der Waals surface area contributed by atoms with Crippen molar-refractivity contribution >= 4 is 67.5 Å². The molecule has 4 aromatic heterocycles. The Hall–Kier alpha value is -2.78. The number of hydrogen-bond donors (Lipinski definition) is 3. The van der Waals surface area contributed by atoms with Gasteiger partial charge in [-0.25, -0.2) is 38.7 Å². The lowest BCUT2D eigenvalue weighted by Gasteiger charge is -2.34. The maximum absolute atomic E-state index is 16.0. The second-order valence-electron chi connectivity index (χ2n) is 9.92. The third kappa shape index (κ3) is 5.18. The molecule has 5 N–H and O–H groups in total. The first-order valence-corrected chi connectivity index (χ1v) is 16.9. The van der Waals surface area contributed by atoms with Gasteiger partial charge in [0.05, 0.1) is 33.3 Å². The van der Waals surface area contributed by atoms with E-state index in [0.29, 0.717) is 0 Å². The number of halogens is 2. The minimum absolute atomic E-state index is 0.0472. The summed E-state index contributed by atoms with van der Waals surface area (Å²) in [6, 6.07) is 0. The maximum atomic E-state index is 16.0. The third-order valence-corrected chi connectivity index (χ3v) is 9.81. The van der Waals surface area contributed by atoms with Gasteiger partial charge in [-0.3, -0.25) is 13.7 Å². The second kappa shape index (κ2) is 10.9. The van der Waals surface area contributed by atoms with Crippen LogP contribution >= 0.6 is 14.2 Å². The largest absolute Gasteiger partial charge is 0.444 e. The SMILES string of the molecule is [B-][P@@]1(=O)OC[C@H]2O[C@@H](n3cnc4c(N)ncnc43)C(F)[C@H]2OP(O)(=S)OC[C@H]2O[C@@H](n3cnc4c(N)ncnc43)[C@@H](F)C2O1. The minimum atomic E-state index is -4.57. The van der Waals surface area contributed by atoms with Gasteiger partial charge in [0, 0.05) is 0 Å². The van der Waals surface area contributed by atoms with Crippen LogP contribution in [0.2, 0.25) is 0 Å². The molecule has 3 unspecified atom stereocenters. The highest BCUT2D eigenvalue weighted by atomic mass is 32.5. The van der Waals surface area contributed by atoms with E-state index in [9.17, 15) is 9.46 Å². The highest BCUT2D eigenvalue weighted by Gasteiger charge is 2.52. The van der Waals surface area contributed by atoms with Crippen LogP contribution in [0.1, 0.15) is 12.5 Å². The van der Waals surface area contributed by atoms with Crippen LogP contribution in [0.3, 0.4) is 0 Å². The Morgan fingerprint density at radius 1 is 0.841 bits per heavy atom. The predicted molar refractivity (Wildman–Crippen MR) is 149 cm³/mol. The molecule has 18 nitrogen and oxygen atoms in total. The quantitative estimate of drug-likeness (QED) is 0.196. The van der Waals surface area contributed by atoms with Crippen molar-refractivity contribution in [1.82, 2.24) is 39.0 Å². The second-order valence-corrected chi connectivity index (χ2v) is 14.3. The fourth-order valence-corrected chi connectivity index (χ4v) is 7.64. The molecule has 4 aromatic rings. The summed E-state index contributed by atoms with van der Waals surface area (Å²) >= 11 is 5.14. The first-order chi connectivity index (χ1) is 20.9. The number of nitrogen functional groups attached to an aromatic ring is 2. The van der Waals surface area contributed by atoms with Crippen LogP contribution in [0.25, 0.3) is 22.3 Å². The molecule has 24 heteroatoms. The molecule has 233 valence electrons. The summed E-state index contributed by atoms with van der Waals surface area (Å²) in [6.07, 6.45) is -8.19. The Labute approximate surface area is 251 Å². The fourth-order valence-electron chi connectivity index (χ4n) is 5.20. The average molecular weight is 672 g/mol. The van der Waals surface area contributed by atoms with Gasteiger partial charge in [-0.2, -0.15) is 0 Å². The Morgan fingerprint density at radius 2 is 1.32 bits per heavy atom. The molecule has 0 amide bonds. The fraction of sp³-hybridized carbons (Fsp3) is 0.500. The molecule has 3 radical (unpaired) electrons. The van der Waals surface area contributed by atoms with E-state index in [4.69, 9.17) is 58.4 Å². The van der Waals surface area contributed by atoms with Crippen molar-refractivity contribution in [3.05, 3.63) is 25.3 Å². The third-order valence-electron chi connectivity index (χ3n) is 7.20. The molecule has 7 rings (SSSR count).